The largest absolute Gasteiger partial charge is 0.557 e. The van der Waals surface area contributed by atoms with Gasteiger partial charge in [-0.2, -0.15) is 0 Å². The predicted octanol–water partition coefficient (Wildman–Crippen LogP) is 3.79. The molecule has 0 aliphatic heterocycles. The summed E-state index contributed by atoms with van der Waals surface area (Å²) >= 11 is 0. The van der Waals surface area contributed by atoms with Crippen molar-refractivity contribution in [1.29, 1.82) is 0 Å². The summed E-state index contributed by atoms with van der Waals surface area (Å²) in [7, 11) is -1.84. The molecule has 6 heteroatoms. The second-order valence-electron chi connectivity index (χ2n) is 5.25. The van der Waals surface area contributed by atoms with Crippen molar-refractivity contribution in [1.82, 2.24) is 0 Å². The average molecular weight is 251 g/mol. The van der Waals surface area contributed by atoms with Crippen molar-refractivity contribution in [3.8, 4) is 11.7 Å². The summed E-state index contributed by atoms with van der Waals surface area (Å²) in [6.07, 6.45) is 0.147. The van der Waals surface area contributed by atoms with Crippen molar-refractivity contribution >= 4 is 15.3 Å². The highest BCUT2D eigenvalue weighted by atomic mass is 28.4. The van der Waals surface area contributed by atoms with E-state index in [0.29, 0.717) is 0 Å². The molecule has 0 heterocycles. The molecule has 0 N–H and O–H groups in total. The molecule has 0 rings (SSSR count). The van der Waals surface area contributed by atoms with Crippen molar-refractivity contribution in [3.05, 3.63) is 0 Å². The maximum absolute atomic E-state index is 11.8. The van der Waals surface area contributed by atoms with E-state index >= 15 is 0 Å². The summed E-state index contributed by atoms with van der Waals surface area (Å²) in [6.45, 7) is 5.70. The molecule has 94 valence electrons. The van der Waals surface area contributed by atoms with Crippen LogP contribution in [-0.4, -0.2) is 21.9 Å². The number of hydrogen-bond acceptors (Lipinski definition) is 1. The monoisotopic (exact) mass is 251 g/mol. The molecule has 1 nitrogen and oxygen atoms in total. The molecule has 0 fully saturated rings. The van der Waals surface area contributed by atoms with E-state index in [-0.39, 0.29) is 18.1 Å². The maximum Gasteiger partial charge on any atom is 0.557 e. The molecule has 0 aromatic heterocycles. The number of hydrogen-bond donors (Lipinski definition) is 0. The Labute approximate surface area is 96.9 Å². The van der Waals surface area contributed by atoms with Crippen LogP contribution in [0.2, 0.25) is 18.1 Å². The molecule has 0 aromatic carbocycles. The number of rotatable bonds is 3. The fourth-order valence-electron chi connectivity index (χ4n) is 0.762. The Bertz CT molecular complexity index is 283. The first-order valence-electron chi connectivity index (χ1n) is 5.29. The van der Waals surface area contributed by atoms with Crippen molar-refractivity contribution in [2.45, 2.75) is 45.3 Å². The highest BCUT2D eigenvalue weighted by Crippen LogP contribution is 2.36. The minimum atomic E-state index is -4.98. The first kappa shape index (κ1) is 15.6. The standard InChI is InChI=1S/C10H19BF3OSi/c1-10(2,3)16(4,5)15-9-7-6-8-11(12,13)14/h7,9H2,1-5H3/q-1. The van der Waals surface area contributed by atoms with Crippen molar-refractivity contribution < 1.29 is 17.4 Å². The summed E-state index contributed by atoms with van der Waals surface area (Å²) in [4.78, 5) is 0. The van der Waals surface area contributed by atoms with Crippen LogP contribution in [-0.2, 0) is 4.43 Å². The average Bonchev–Trinajstić information content (AvgIpc) is 1.98. The van der Waals surface area contributed by atoms with E-state index in [4.69, 9.17) is 4.43 Å². The van der Waals surface area contributed by atoms with Crippen LogP contribution in [0, 0.1) is 11.7 Å². The molecule has 0 saturated heterocycles. The molecule has 0 unspecified atom stereocenters. The quantitative estimate of drug-likeness (QED) is 0.421. The minimum absolute atomic E-state index is 0.0778. The molecule has 16 heavy (non-hydrogen) atoms. The lowest BCUT2D eigenvalue weighted by molar-refractivity contribution is 0.296. The molecular weight excluding hydrogens is 232 g/mol. The lowest BCUT2D eigenvalue weighted by Crippen LogP contribution is -2.40. The molecule has 0 aromatic rings. The van der Waals surface area contributed by atoms with Crippen LogP contribution in [0.25, 0.3) is 0 Å². The Morgan fingerprint density at radius 2 is 1.69 bits per heavy atom. The first-order valence-corrected chi connectivity index (χ1v) is 8.20. The summed E-state index contributed by atoms with van der Waals surface area (Å²) in [5.41, 5.74) is 0. The van der Waals surface area contributed by atoms with Gasteiger partial charge in [0.1, 0.15) is 0 Å². The molecule has 0 atom stereocenters. The highest BCUT2D eigenvalue weighted by molar-refractivity contribution is 6.74. The van der Waals surface area contributed by atoms with E-state index in [9.17, 15) is 12.9 Å². The Morgan fingerprint density at radius 1 is 1.19 bits per heavy atom. The van der Waals surface area contributed by atoms with Crippen LogP contribution in [0.5, 0.6) is 0 Å². The van der Waals surface area contributed by atoms with E-state index in [1.807, 2.05) is 0 Å². The van der Waals surface area contributed by atoms with E-state index in [1.54, 1.807) is 0 Å². The molecule has 0 amide bonds. The SMILES string of the molecule is CC(C)(C)[Si](C)(C)OCCC#C[B-](F)(F)F. The molecule has 0 spiro atoms. The van der Waals surface area contributed by atoms with Gasteiger partial charge in [0, 0.05) is 13.0 Å². The molecule has 0 saturated carbocycles. The lowest BCUT2D eigenvalue weighted by atomic mass is 9.94. The minimum Gasteiger partial charge on any atom is -0.438 e. The molecule has 0 bridgehead atoms. The summed E-state index contributed by atoms with van der Waals surface area (Å²) in [6, 6.07) is 0. The second-order valence-corrected chi connectivity index (χ2v) is 10.1. The molecular formula is C10H19BF3OSi-. The predicted molar refractivity (Wildman–Crippen MR) is 64.6 cm³/mol. The first-order chi connectivity index (χ1) is 6.96. The Hall–Kier alpha value is -0.408. The zero-order valence-corrected chi connectivity index (χ0v) is 11.5. The maximum atomic E-state index is 11.8. The highest BCUT2D eigenvalue weighted by Gasteiger charge is 2.36. The summed E-state index contributed by atoms with van der Waals surface area (Å²) < 4.78 is 41.0. The van der Waals surface area contributed by atoms with Gasteiger partial charge in [0.05, 0.1) is 0 Å². The third-order valence-corrected chi connectivity index (χ3v) is 7.30. The van der Waals surface area contributed by atoms with E-state index in [2.05, 4.69) is 39.8 Å². The third-order valence-electron chi connectivity index (χ3n) is 2.76. The summed E-state index contributed by atoms with van der Waals surface area (Å²) in [5.74, 6) is 3.39. The van der Waals surface area contributed by atoms with Gasteiger partial charge in [0.2, 0.25) is 0 Å². The zero-order chi connectivity index (χ0) is 13.0. The van der Waals surface area contributed by atoms with Gasteiger partial charge in [0.25, 0.3) is 0 Å². The molecule has 0 aliphatic rings. The van der Waals surface area contributed by atoms with E-state index in [0.717, 1.165) is 0 Å². The normalized spacial score (nSPS) is 13.2. The number of halogens is 3. The van der Waals surface area contributed by atoms with E-state index in [1.165, 1.54) is 5.82 Å². The van der Waals surface area contributed by atoms with Crippen molar-refractivity contribution in [3.63, 3.8) is 0 Å². The van der Waals surface area contributed by atoms with Crippen molar-refractivity contribution in [2.24, 2.45) is 0 Å². The van der Waals surface area contributed by atoms with Crippen LogP contribution in [0.4, 0.5) is 12.9 Å². The Kier molecular flexibility index (Phi) is 5.15. The smallest absolute Gasteiger partial charge is 0.438 e. The fourth-order valence-corrected chi connectivity index (χ4v) is 1.81. The van der Waals surface area contributed by atoms with Crippen LogP contribution in [0.1, 0.15) is 27.2 Å². The van der Waals surface area contributed by atoms with Gasteiger partial charge in [-0.1, -0.05) is 20.8 Å². The van der Waals surface area contributed by atoms with Gasteiger partial charge in [-0.25, -0.2) is 5.82 Å². The van der Waals surface area contributed by atoms with Gasteiger partial charge in [-0.3, -0.25) is 0 Å². The fraction of sp³-hybridized carbons (Fsp3) is 0.800. The molecule has 0 aliphatic carbocycles. The lowest BCUT2D eigenvalue weighted by Gasteiger charge is -2.35. The van der Waals surface area contributed by atoms with Crippen LogP contribution >= 0.6 is 0 Å². The van der Waals surface area contributed by atoms with Crippen LogP contribution in [0.15, 0.2) is 0 Å². The van der Waals surface area contributed by atoms with Gasteiger partial charge >= 0.3 is 6.98 Å². The van der Waals surface area contributed by atoms with Gasteiger partial charge in [-0.05, 0) is 18.1 Å². The van der Waals surface area contributed by atoms with Crippen molar-refractivity contribution in [2.75, 3.05) is 6.61 Å². The third kappa shape index (κ3) is 6.23. The topological polar surface area (TPSA) is 9.23 Å². The van der Waals surface area contributed by atoms with Gasteiger partial charge in [0.15, 0.2) is 8.32 Å². The Balaban J connectivity index is 4.05. The summed E-state index contributed by atoms with van der Waals surface area (Å²) in [5, 5.41) is 0.0778. The van der Waals surface area contributed by atoms with Crippen LogP contribution in [0.3, 0.4) is 0 Å². The van der Waals surface area contributed by atoms with Crippen LogP contribution < -0.4 is 0 Å². The Morgan fingerprint density at radius 3 is 2.06 bits per heavy atom. The zero-order valence-electron chi connectivity index (χ0n) is 10.5. The van der Waals surface area contributed by atoms with Gasteiger partial charge in [-0.15, -0.1) is 5.92 Å². The molecule has 0 radical (unpaired) electrons. The van der Waals surface area contributed by atoms with E-state index < -0.39 is 15.3 Å². The second kappa shape index (κ2) is 5.28. The van der Waals surface area contributed by atoms with Gasteiger partial charge < -0.3 is 17.4 Å².